The molecule has 1 aromatic heterocycles. The largest absolute Gasteiger partial charge is 0.399 e. The monoisotopic (exact) mass is 284 g/mol. The van der Waals surface area contributed by atoms with E-state index in [1.165, 1.54) is 17.4 Å². The molecule has 1 heterocycles. The number of anilines is 1. The van der Waals surface area contributed by atoms with E-state index in [4.69, 9.17) is 5.73 Å². The molecule has 0 saturated heterocycles. The summed E-state index contributed by atoms with van der Waals surface area (Å²) in [5, 5.41) is 2.60. The number of halogens is 1. The minimum Gasteiger partial charge on any atom is -0.399 e. The molecule has 0 aliphatic rings. The van der Waals surface area contributed by atoms with Gasteiger partial charge in [-0.1, -0.05) is 18.2 Å². The van der Waals surface area contributed by atoms with Gasteiger partial charge >= 0.3 is 0 Å². The van der Waals surface area contributed by atoms with Crippen molar-refractivity contribution in [1.29, 1.82) is 0 Å². The zero-order valence-electron chi connectivity index (χ0n) is 10.9. The lowest BCUT2D eigenvalue weighted by Crippen LogP contribution is -1.87. The van der Waals surface area contributed by atoms with Gasteiger partial charge in [-0.15, -0.1) is 11.3 Å². The number of aromatic nitrogens is 1. The molecule has 4 heteroatoms. The van der Waals surface area contributed by atoms with Gasteiger partial charge in [-0.3, -0.25) is 0 Å². The van der Waals surface area contributed by atoms with E-state index >= 15 is 0 Å². The number of rotatable bonds is 2. The molecule has 0 aliphatic carbocycles. The predicted octanol–water partition coefficient (Wildman–Crippen LogP) is 4.51. The molecular formula is C16H13FN2S. The van der Waals surface area contributed by atoms with Crippen LogP contribution in [-0.4, -0.2) is 4.98 Å². The Hall–Kier alpha value is -2.20. The fourth-order valence-electron chi connectivity index (χ4n) is 2.02. The molecule has 0 radical (unpaired) electrons. The van der Waals surface area contributed by atoms with Crippen LogP contribution in [0.4, 0.5) is 10.1 Å². The average Bonchev–Trinajstić information content (AvgIpc) is 2.88. The van der Waals surface area contributed by atoms with Crippen LogP contribution in [0.25, 0.3) is 21.8 Å². The van der Waals surface area contributed by atoms with E-state index in [0.29, 0.717) is 16.3 Å². The number of thiazole rings is 1. The molecule has 0 saturated carbocycles. The van der Waals surface area contributed by atoms with Crippen molar-refractivity contribution >= 4 is 17.0 Å². The van der Waals surface area contributed by atoms with Crippen LogP contribution in [0, 0.1) is 12.7 Å². The van der Waals surface area contributed by atoms with E-state index in [0.717, 1.165) is 16.8 Å². The summed E-state index contributed by atoms with van der Waals surface area (Å²) in [6.07, 6.45) is 0. The highest BCUT2D eigenvalue weighted by Crippen LogP contribution is 2.31. The molecule has 2 N–H and O–H groups in total. The zero-order valence-corrected chi connectivity index (χ0v) is 11.7. The van der Waals surface area contributed by atoms with Crippen molar-refractivity contribution < 1.29 is 4.39 Å². The van der Waals surface area contributed by atoms with Crippen LogP contribution >= 0.6 is 11.3 Å². The van der Waals surface area contributed by atoms with Crippen LogP contribution in [0.3, 0.4) is 0 Å². The molecule has 0 amide bonds. The van der Waals surface area contributed by atoms with E-state index < -0.39 is 0 Å². The van der Waals surface area contributed by atoms with Gasteiger partial charge in [-0.25, -0.2) is 9.37 Å². The maximum absolute atomic E-state index is 14.0. The molecule has 100 valence electrons. The molecule has 0 aliphatic heterocycles. The van der Waals surface area contributed by atoms with E-state index in [-0.39, 0.29) is 5.82 Å². The van der Waals surface area contributed by atoms with E-state index in [1.54, 1.807) is 6.07 Å². The number of hydrogen-bond acceptors (Lipinski definition) is 3. The van der Waals surface area contributed by atoms with Crippen LogP contribution in [0.1, 0.15) is 5.56 Å². The maximum atomic E-state index is 14.0. The first-order valence-electron chi connectivity index (χ1n) is 6.21. The summed E-state index contributed by atoms with van der Waals surface area (Å²) in [4.78, 5) is 4.51. The Morgan fingerprint density at radius 2 is 2.00 bits per heavy atom. The van der Waals surface area contributed by atoms with Crippen molar-refractivity contribution in [2.45, 2.75) is 6.92 Å². The number of nitrogens with two attached hydrogens (primary N) is 1. The molecule has 0 fully saturated rings. The van der Waals surface area contributed by atoms with Crippen molar-refractivity contribution in [3.63, 3.8) is 0 Å². The van der Waals surface area contributed by atoms with E-state index in [9.17, 15) is 4.39 Å². The Kier molecular flexibility index (Phi) is 3.24. The molecule has 2 nitrogen and oxygen atoms in total. The molecule has 2 aromatic carbocycles. The molecule has 3 rings (SSSR count). The minimum atomic E-state index is -0.238. The standard InChI is InChI=1S/C16H13FN2S/c1-10-5-6-13(14(17)7-10)16-19-15(9-20-16)11-3-2-4-12(18)8-11/h2-9H,18H2,1H3. The van der Waals surface area contributed by atoms with E-state index in [2.05, 4.69) is 4.98 Å². The molecule has 0 bridgehead atoms. The molecule has 0 atom stereocenters. The fourth-order valence-corrected chi connectivity index (χ4v) is 2.88. The topological polar surface area (TPSA) is 38.9 Å². The minimum absolute atomic E-state index is 0.238. The smallest absolute Gasteiger partial charge is 0.133 e. The zero-order chi connectivity index (χ0) is 14.1. The summed E-state index contributed by atoms with van der Waals surface area (Å²) in [5.74, 6) is -0.238. The Morgan fingerprint density at radius 1 is 1.15 bits per heavy atom. The number of nitrogens with zero attached hydrogens (tertiary/aromatic N) is 1. The van der Waals surface area contributed by atoms with Gasteiger partial charge in [0.25, 0.3) is 0 Å². The second kappa shape index (κ2) is 5.06. The SMILES string of the molecule is Cc1ccc(-c2nc(-c3cccc(N)c3)cs2)c(F)c1. The third-order valence-electron chi connectivity index (χ3n) is 3.04. The first-order chi connectivity index (χ1) is 9.63. The predicted molar refractivity (Wildman–Crippen MR) is 82.1 cm³/mol. The molecule has 0 unspecified atom stereocenters. The second-order valence-electron chi connectivity index (χ2n) is 4.65. The van der Waals surface area contributed by atoms with Gasteiger partial charge in [0.2, 0.25) is 0 Å². The van der Waals surface area contributed by atoms with Gasteiger partial charge in [0.15, 0.2) is 0 Å². The van der Waals surface area contributed by atoms with Crippen molar-refractivity contribution in [1.82, 2.24) is 4.98 Å². The fraction of sp³-hybridized carbons (Fsp3) is 0.0625. The normalized spacial score (nSPS) is 10.7. The Balaban J connectivity index is 2.02. The number of benzene rings is 2. The van der Waals surface area contributed by atoms with Crippen LogP contribution in [0.5, 0.6) is 0 Å². The van der Waals surface area contributed by atoms with Gasteiger partial charge in [-0.05, 0) is 36.8 Å². The van der Waals surface area contributed by atoms with Crippen molar-refractivity contribution in [3.05, 3.63) is 59.2 Å². The summed E-state index contributed by atoms with van der Waals surface area (Å²) in [5.41, 5.74) is 9.66. The summed E-state index contributed by atoms with van der Waals surface area (Å²) in [7, 11) is 0. The van der Waals surface area contributed by atoms with Crippen LogP contribution in [0.2, 0.25) is 0 Å². The summed E-state index contributed by atoms with van der Waals surface area (Å²) in [6.45, 7) is 1.87. The van der Waals surface area contributed by atoms with Crippen LogP contribution in [0.15, 0.2) is 47.8 Å². The van der Waals surface area contributed by atoms with Crippen molar-refractivity contribution in [2.24, 2.45) is 0 Å². The summed E-state index contributed by atoms with van der Waals surface area (Å²) < 4.78 is 14.0. The third-order valence-corrected chi connectivity index (χ3v) is 3.92. The highest BCUT2D eigenvalue weighted by molar-refractivity contribution is 7.13. The van der Waals surface area contributed by atoms with Crippen molar-refractivity contribution in [2.75, 3.05) is 5.73 Å². The molecular weight excluding hydrogens is 271 g/mol. The number of nitrogen functional groups attached to an aromatic ring is 1. The highest BCUT2D eigenvalue weighted by atomic mass is 32.1. The molecule has 0 spiro atoms. The average molecular weight is 284 g/mol. The summed E-state index contributed by atoms with van der Waals surface area (Å²) in [6, 6.07) is 12.7. The quantitative estimate of drug-likeness (QED) is 0.703. The lowest BCUT2D eigenvalue weighted by Gasteiger charge is -2.01. The Bertz CT molecular complexity index is 765. The molecule has 3 aromatic rings. The first-order valence-corrected chi connectivity index (χ1v) is 7.09. The van der Waals surface area contributed by atoms with Crippen LogP contribution in [-0.2, 0) is 0 Å². The molecule has 20 heavy (non-hydrogen) atoms. The van der Waals surface area contributed by atoms with Gasteiger partial charge in [0.1, 0.15) is 10.8 Å². The van der Waals surface area contributed by atoms with Gasteiger partial charge in [-0.2, -0.15) is 0 Å². The van der Waals surface area contributed by atoms with Crippen molar-refractivity contribution in [3.8, 4) is 21.8 Å². The lowest BCUT2D eigenvalue weighted by atomic mass is 10.1. The van der Waals surface area contributed by atoms with Crippen LogP contribution < -0.4 is 5.73 Å². The maximum Gasteiger partial charge on any atom is 0.133 e. The van der Waals surface area contributed by atoms with Gasteiger partial charge in [0.05, 0.1) is 5.69 Å². The number of hydrogen-bond donors (Lipinski definition) is 1. The highest BCUT2D eigenvalue weighted by Gasteiger charge is 2.11. The van der Waals surface area contributed by atoms with Gasteiger partial charge in [0, 0.05) is 22.2 Å². The summed E-state index contributed by atoms with van der Waals surface area (Å²) >= 11 is 1.43. The Labute approximate surface area is 120 Å². The lowest BCUT2D eigenvalue weighted by molar-refractivity contribution is 0.630. The third kappa shape index (κ3) is 2.42. The Morgan fingerprint density at radius 3 is 2.75 bits per heavy atom. The van der Waals surface area contributed by atoms with Gasteiger partial charge < -0.3 is 5.73 Å². The number of aryl methyl sites for hydroxylation is 1. The second-order valence-corrected chi connectivity index (χ2v) is 5.50. The van der Waals surface area contributed by atoms with E-state index in [1.807, 2.05) is 42.6 Å². The first kappa shape index (κ1) is 12.8.